The molecule has 2 rings (SSSR count). The van der Waals surface area contributed by atoms with E-state index in [2.05, 4.69) is 0 Å². The molecule has 2 nitrogen and oxygen atoms in total. The number of nitrogens with zero attached hydrogens (tertiary/aromatic N) is 1. The first kappa shape index (κ1) is 13.2. The van der Waals surface area contributed by atoms with E-state index in [1.807, 2.05) is 6.07 Å². The highest BCUT2D eigenvalue weighted by Gasteiger charge is 2.57. The first-order valence-corrected chi connectivity index (χ1v) is 6.18. The molecule has 0 aliphatic heterocycles. The Hall–Kier alpha value is -1.24. The summed E-state index contributed by atoms with van der Waals surface area (Å²) < 4.78 is 27.2. The summed E-state index contributed by atoms with van der Waals surface area (Å²) in [5.41, 5.74) is -1.45. The summed E-state index contributed by atoms with van der Waals surface area (Å²) in [4.78, 5) is 12.2. The molecule has 0 aromatic carbocycles. The highest BCUT2D eigenvalue weighted by atomic mass is 19.3. The van der Waals surface area contributed by atoms with Crippen molar-refractivity contribution in [2.45, 2.75) is 46.0 Å². The van der Waals surface area contributed by atoms with Crippen LogP contribution in [0.5, 0.6) is 0 Å². The van der Waals surface area contributed by atoms with E-state index < -0.39 is 16.8 Å². The monoisotopic (exact) mass is 253 g/mol. The predicted molar refractivity (Wildman–Crippen MR) is 62.9 cm³/mol. The average molecular weight is 253 g/mol. The lowest BCUT2D eigenvalue weighted by Gasteiger charge is -2.51. The maximum atomic E-state index is 13.6. The van der Waals surface area contributed by atoms with Crippen LogP contribution in [0, 0.1) is 28.1 Å². The van der Waals surface area contributed by atoms with Crippen LogP contribution in [-0.4, -0.2) is 11.7 Å². The summed E-state index contributed by atoms with van der Waals surface area (Å²) in [6.45, 7) is 5.29. The minimum Gasteiger partial charge on any atom is -0.293 e. The highest BCUT2D eigenvalue weighted by molar-refractivity contribution is 6.04. The molecule has 2 atom stereocenters. The SMILES string of the molecule is CC1(C)C(=O)C(C#N)=C[C@@]2(C)CC(F)(F)CC[C@H]12. The fraction of sp³-hybridized carbons (Fsp3) is 0.714. The fourth-order valence-corrected chi connectivity index (χ4v) is 3.77. The Morgan fingerprint density at radius 1 is 1.39 bits per heavy atom. The third kappa shape index (κ3) is 1.77. The second-order valence-electron chi connectivity index (χ2n) is 6.35. The fourth-order valence-electron chi connectivity index (χ4n) is 3.77. The molecule has 1 fully saturated rings. The Kier molecular flexibility index (Phi) is 2.66. The Balaban J connectivity index is 2.53. The number of Topliss-reactive ketones (excluding diaryl/α,β-unsaturated/α-hetero) is 1. The Morgan fingerprint density at radius 3 is 2.56 bits per heavy atom. The lowest BCUT2D eigenvalue weighted by molar-refractivity contribution is -0.143. The predicted octanol–water partition coefficient (Wildman–Crippen LogP) is 3.49. The molecule has 0 aromatic rings. The van der Waals surface area contributed by atoms with Crippen LogP contribution in [0.3, 0.4) is 0 Å². The summed E-state index contributed by atoms with van der Waals surface area (Å²) in [5.74, 6) is -3.02. The number of carbonyl (C=O) groups excluding carboxylic acids is 1. The third-order valence-corrected chi connectivity index (χ3v) is 4.53. The summed E-state index contributed by atoms with van der Waals surface area (Å²) >= 11 is 0. The van der Waals surface area contributed by atoms with E-state index in [0.29, 0.717) is 6.42 Å². The van der Waals surface area contributed by atoms with E-state index in [1.54, 1.807) is 20.8 Å². The lowest BCUT2D eigenvalue weighted by Crippen LogP contribution is -2.51. The number of hydrogen-bond donors (Lipinski definition) is 0. The average Bonchev–Trinajstić information content (AvgIpc) is 2.21. The van der Waals surface area contributed by atoms with Gasteiger partial charge in [0.2, 0.25) is 5.92 Å². The maximum Gasteiger partial charge on any atom is 0.249 e. The van der Waals surface area contributed by atoms with Gasteiger partial charge in [-0.05, 0) is 17.8 Å². The van der Waals surface area contributed by atoms with Crippen molar-refractivity contribution in [3.63, 3.8) is 0 Å². The van der Waals surface area contributed by atoms with E-state index >= 15 is 0 Å². The number of nitriles is 1. The molecule has 0 aromatic heterocycles. The number of alkyl halides is 2. The van der Waals surface area contributed by atoms with Gasteiger partial charge in [-0.25, -0.2) is 8.78 Å². The molecule has 2 aliphatic carbocycles. The van der Waals surface area contributed by atoms with Gasteiger partial charge >= 0.3 is 0 Å². The van der Waals surface area contributed by atoms with Crippen molar-refractivity contribution >= 4 is 5.78 Å². The largest absolute Gasteiger partial charge is 0.293 e. The maximum absolute atomic E-state index is 13.6. The van der Waals surface area contributed by atoms with E-state index in [0.717, 1.165) is 0 Å². The van der Waals surface area contributed by atoms with Crippen molar-refractivity contribution in [1.29, 1.82) is 5.26 Å². The molecule has 0 heterocycles. The molecule has 0 N–H and O–H groups in total. The zero-order chi connectivity index (χ0) is 13.8. The lowest BCUT2D eigenvalue weighted by atomic mass is 9.52. The van der Waals surface area contributed by atoms with E-state index in [-0.39, 0.29) is 30.1 Å². The van der Waals surface area contributed by atoms with Crippen LogP contribution in [0.1, 0.15) is 40.0 Å². The molecule has 0 saturated heterocycles. The van der Waals surface area contributed by atoms with Gasteiger partial charge in [0.05, 0.1) is 5.57 Å². The van der Waals surface area contributed by atoms with Crippen LogP contribution < -0.4 is 0 Å². The summed E-state index contributed by atoms with van der Waals surface area (Å²) in [6, 6.07) is 1.86. The molecule has 2 aliphatic rings. The molecule has 98 valence electrons. The van der Waals surface area contributed by atoms with Crippen LogP contribution in [0.2, 0.25) is 0 Å². The molecule has 0 bridgehead atoms. The van der Waals surface area contributed by atoms with Gasteiger partial charge < -0.3 is 0 Å². The van der Waals surface area contributed by atoms with Crippen molar-refractivity contribution in [3.05, 3.63) is 11.6 Å². The van der Waals surface area contributed by atoms with Crippen molar-refractivity contribution < 1.29 is 13.6 Å². The highest BCUT2D eigenvalue weighted by Crippen LogP contribution is 2.58. The number of ketones is 1. The standard InChI is InChI=1S/C14H17F2NO/c1-12(2)10-4-5-14(15,16)8-13(10,3)6-9(7-17)11(12)18/h6,10H,4-5,8H2,1-3H3/t10-,13+/m1/s1. The van der Waals surface area contributed by atoms with Gasteiger partial charge in [-0.15, -0.1) is 0 Å². The number of allylic oxidation sites excluding steroid dienone is 2. The van der Waals surface area contributed by atoms with E-state index in [1.165, 1.54) is 6.08 Å². The molecular weight excluding hydrogens is 236 g/mol. The van der Waals surface area contributed by atoms with Gasteiger partial charge in [-0.1, -0.05) is 26.8 Å². The van der Waals surface area contributed by atoms with Crippen molar-refractivity contribution in [3.8, 4) is 6.07 Å². The first-order valence-electron chi connectivity index (χ1n) is 6.18. The topological polar surface area (TPSA) is 40.9 Å². The Labute approximate surface area is 106 Å². The van der Waals surface area contributed by atoms with Crippen molar-refractivity contribution in [1.82, 2.24) is 0 Å². The molecular formula is C14H17F2NO. The molecule has 0 amide bonds. The number of rotatable bonds is 0. The molecule has 0 unspecified atom stereocenters. The minimum atomic E-state index is -2.70. The van der Waals surface area contributed by atoms with Gasteiger partial charge in [-0.2, -0.15) is 5.26 Å². The van der Waals surface area contributed by atoms with Gasteiger partial charge in [0, 0.05) is 18.3 Å². The van der Waals surface area contributed by atoms with Crippen LogP contribution in [0.25, 0.3) is 0 Å². The van der Waals surface area contributed by atoms with Crippen LogP contribution in [0.4, 0.5) is 8.78 Å². The minimum absolute atomic E-state index is 0.0384. The number of halogens is 2. The third-order valence-electron chi connectivity index (χ3n) is 4.53. The molecule has 4 heteroatoms. The molecule has 1 saturated carbocycles. The van der Waals surface area contributed by atoms with Gasteiger partial charge in [0.25, 0.3) is 0 Å². The first-order chi connectivity index (χ1) is 8.12. The molecule has 18 heavy (non-hydrogen) atoms. The number of hydrogen-bond acceptors (Lipinski definition) is 2. The van der Waals surface area contributed by atoms with E-state index in [9.17, 15) is 13.6 Å². The van der Waals surface area contributed by atoms with Gasteiger partial charge in [-0.3, -0.25) is 4.79 Å². The van der Waals surface area contributed by atoms with Gasteiger partial charge in [0.1, 0.15) is 6.07 Å². The Bertz CT molecular complexity index is 473. The van der Waals surface area contributed by atoms with Gasteiger partial charge in [0.15, 0.2) is 5.78 Å². The zero-order valence-corrected chi connectivity index (χ0v) is 10.9. The second-order valence-corrected chi connectivity index (χ2v) is 6.35. The quantitative estimate of drug-likeness (QED) is 0.663. The molecule has 0 radical (unpaired) electrons. The second kappa shape index (κ2) is 3.63. The summed E-state index contributed by atoms with van der Waals surface area (Å²) in [5, 5.41) is 9.00. The summed E-state index contributed by atoms with van der Waals surface area (Å²) in [7, 11) is 0. The van der Waals surface area contributed by atoms with Crippen LogP contribution >= 0.6 is 0 Å². The smallest absolute Gasteiger partial charge is 0.249 e. The van der Waals surface area contributed by atoms with Crippen LogP contribution in [0.15, 0.2) is 11.6 Å². The number of carbonyl (C=O) groups is 1. The van der Waals surface area contributed by atoms with Crippen molar-refractivity contribution in [2.75, 3.05) is 0 Å². The van der Waals surface area contributed by atoms with Crippen molar-refractivity contribution in [2.24, 2.45) is 16.7 Å². The molecule has 0 spiro atoms. The number of fused-ring (bicyclic) bond motifs is 1. The van der Waals surface area contributed by atoms with E-state index in [4.69, 9.17) is 5.26 Å². The zero-order valence-electron chi connectivity index (χ0n) is 10.9. The Morgan fingerprint density at radius 2 is 2.00 bits per heavy atom. The van der Waals surface area contributed by atoms with Crippen LogP contribution in [-0.2, 0) is 4.79 Å². The normalized spacial score (nSPS) is 37.4. The summed E-state index contributed by atoms with van der Waals surface area (Å²) in [6.07, 6.45) is 1.38.